The summed E-state index contributed by atoms with van der Waals surface area (Å²) in [4.78, 5) is 33.1. The van der Waals surface area contributed by atoms with Crippen molar-refractivity contribution in [2.24, 2.45) is 7.05 Å². The van der Waals surface area contributed by atoms with Crippen molar-refractivity contribution in [2.75, 3.05) is 0 Å². The lowest BCUT2D eigenvalue weighted by atomic mass is 10.1. The molecule has 0 spiro atoms. The number of pyridine rings is 2. The third kappa shape index (κ3) is 7.89. The number of rotatable bonds is 3. The number of aromatic nitrogens is 6. The molecule has 0 amide bonds. The van der Waals surface area contributed by atoms with E-state index in [-0.39, 0.29) is 11.1 Å². The third-order valence-corrected chi connectivity index (χ3v) is 8.16. The smallest absolute Gasteiger partial charge is 0.252 e. The van der Waals surface area contributed by atoms with Gasteiger partial charge in [-0.05, 0) is 108 Å². The Kier molecular flexibility index (Phi) is 10.3. The van der Waals surface area contributed by atoms with Crippen molar-refractivity contribution >= 4 is 0 Å². The lowest BCUT2D eigenvalue weighted by molar-refractivity contribution is 0.723. The van der Waals surface area contributed by atoms with Crippen molar-refractivity contribution in [1.82, 2.24) is 28.2 Å². The lowest BCUT2D eigenvalue weighted by Crippen LogP contribution is -2.18. The maximum atomic E-state index is 12.1. The molecule has 8 heteroatoms. The molecule has 0 aliphatic rings. The van der Waals surface area contributed by atoms with Crippen LogP contribution in [0.1, 0.15) is 63.6 Å². The highest BCUT2D eigenvalue weighted by Crippen LogP contribution is 2.18. The largest absolute Gasteiger partial charge is 0.318 e. The molecule has 0 aliphatic carbocycles. The molecule has 8 nitrogen and oxygen atoms in total. The Balaban J connectivity index is 0.000000191. The van der Waals surface area contributed by atoms with Gasteiger partial charge in [0.1, 0.15) is 23.0 Å². The van der Waals surface area contributed by atoms with Crippen LogP contribution in [0.25, 0.3) is 11.4 Å². The van der Waals surface area contributed by atoms with Gasteiger partial charge in [0.25, 0.3) is 11.1 Å². The van der Waals surface area contributed by atoms with Crippen LogP contribution in [-0.4, -0.2) is 28.2 Å². The summed E-state index contributed by atoms with van der Waals surface area (Å²) in [6.45, 7) is 14.5. The zero-order valence-electron chi connectivity index (χ0n) is 29.3. The predicted molar refractivity (Wildman–Crippen MR) is 196 cm³/mol. The maximum absolute atomic E-state index is 12.1. The number of imidazole rings is 2. The van der Waals surface area contributed by atoms with Crippen LogP contribution < -0.4 is 11.1 Å². The van der Waals surface area contributed by atoms with Crippen LogP contribution in [-0.2, 0) is 13.6 Å². The minimum Gasteiger partial charge on any atom is -0.318 e. The van der Waals surface area contributed by atoms with Crippen LogP contribution in [0.3, 0.4) is 0 Å². The zero-order chi connectivity index (χ0) is 35.2. The third-order valence-electron chi connectivity index (χ3n) is 8.16. The topological polar surface area (TPSA) is 79.6 Å². The van der Waals surface area contributed by atoms with Crippen molar-refractivity contribution < 1.29 is 0 Å². The van der Waals surface area contributed by atoms with Crippen molar-refractivity contribution in [3.05, 3.63) is 163 Å². The fourth-order valence-electron chi connectivity index (χ4n) is 5.56. The van der Waals surface area contributed by atoms with E-state index in [2.05, 4.69) is 39.7 Å². The van der Waals surface area contributed by atoms with E-state index < -0.39 is 0 Å². The Morgan fingerprint density at radius 3 is 1.49 bits per heavy atom. The van der Waals surface area contributed by atoms with Gasteiger partial charge in [0, 0.05) is 49.2 Å². The van der Waals surface area contributed by atoms with E-state index in [4.69, 9.17) is 0 Å². The first-order chi connectivity index (χ1) is 23.4. The number of hydrogen-bond acceptors (Lipinski definition) is 4. The van der Waals surface area contributed by atoms with Crippen molar-refractivity contribution in [3.8, 4) is 35.1 Å². The number of nitrogens with zero attached hydrogens (tertiary/aromatic N) is 6. The summed E-state index contributed by atoms with van der Waals surface area (Å²) < 4.78 is 7.15. The molecule has 0 radical (unpaired) electrons. The van der Waals surface area contributed by atoms with E-state index in [0.29, 0.717) is 6.54 Å². The SMILES string of the molecule is CCn1ccc(-n2c(C)nc(C#Cc3cccc(C)c3)c2C)cc1=O.Cc1cccc(C#Cc2nc(C)n(-c3ccn(C)c(=O)c3)c2C)c1. The summed E-state index contributed by atoms with van der Waals surface area (Å²) >= 11 is 0. The van der Waals surface area contributed by atoms with Crippen LogP contribution in [0.15, 0.2) is 94.8 Å². The quantitative estimate of drug-likeness (QED) is 0.212. The van der Waals surface area contributed by atoms with Gasteiger partial charge in [-0.1, -0.05) is 36.1 Å². The molecule has 0 bridgehead atoms. The number of benzene rings is 2. The Labute approximate surface area is 287 Å². The zero-order valence-corrected chi connectivity index (χ0v) is 29.3. The average molecular weight is 649 g/mol. The molecule has 0 atom stereocenters. The molecule has 246 valence electrons. The summed E-state index contributed by atoms with van der Waals surface area (Å²) in [6, 6.07) is 23.3. The van der Waals surface area contributed by atoms with Crippen LogP contribution in [0.4, 0.5) is 0 Å². The summed E-state index contributed by atoms with van der Waals surface area (Å²) in [5, 5.41) is 0. The van der Waals surface area contributed by atoms with E-state index in [9.17, 15) is 9.59 Å². The normalized spacial score (nSPS) is 10.4. The van der Waals surface area contributed by atoms with Gasteiger partial charge >= 0.3 is 0 Å². The van der Waals surface area contributed by atoms with E-state index >= 15 is 0 Å². The summed E-state index contributed by atoms with van der Waals surface area (Å²) in [5.74, 6) is 14.3. The molecular formula is C41H40N6O2. The van der Waals surface area contributed by atoms with Crippen molar-refractivity contribution in [3.63, 3.8) is 0 Å². The first kappa shape index (κ1) is 34.2. The molecule has 6 rings (SSSR count). The molecule has 0 unspecified atom stereocenters. The van der Waals surface area contributed by atoms with E-state index in [0.717, 1.165) is 56.9 Å². The van der Waals surface area contributed by atoms with Crippen LogP contribution in [0, 0.1) is 65.2 Å². The second kappa shape index (κ2) is 14.8. The Morgan fingerprint density at radius 2 is 1.06 bits per heavy atom. The Morgan fingerprint density at radius 1 is 0.592 bits per heavy atom. The Hall–Kier alpha value is -6.12. The molecule has 0 fully saturated rings. The minimum atomic E-state index is -0.0487. The van der Waals surface area contributed by atoms with Gasteiger partial charge in [-0.3, -0.25) is 18.7 Å². The molecule has 0 saturated carbocycles. The highest BCUT2D eigenvalue weighted by molar-refractivity contribution is 5.47. The minimum absolute atomic E-state index is 0.0140. The fourth-order valence-corrected chi connectivity index (χ4v) is 5.56. The molecule has 49 heavy (non-hydrogen) atoms. The number of hydrogen-bond donors (Lipinski definition) is 0. The van der Waals surface area contributed by atoms with Crippen LogP contribution in [0.2, 0.25) is 0 Å². The first-order valence-corrected chi connectivity index (χ1v) is 16.1. The standard InChI is InChI=1S/C21H21N3O.C20H19N3O/c1-5-23-12-11-19(14-21(23)25)24-16(3)20(22-17(24)4)10-9-18-8-6-7-15(2)13-18;1-14-6-5-7-17(12-14)8-9-19-15(2)23(16(3)21-19)18-10-11-22(4)20(24)13-18/h6-8,11-14H,5H2,1-4H3;5-7,10-13H,1-4H3. The van der Waals surface area contributed by atoms with Gasteiger partial charge in [-0.25, -0.2) is 9.97 Å². The van der Waals surface area contributed by atoms with Gasteiger partial charge in [0.15, 0.2) is 0 Å². The Bertz CT molecular complexity index is 2410. The fraction of sp³-hybridized carbons (Fsp3) is 0.220. The molecule has 0 saturated heterocycles. The molecule has 6 aromatic rings. The summed E-state index contributed by atoms with van der Waals surface area (Å²) in [6.07, 6.45) is 3.57. The van der Waals surface area contributed by atoms with Crippen LogP contribution in [0.5, 0.6) is 0 Å². The van der Waals surface area contributed by atoms with E-state index in [1.807, 2.05) is 118 Å². The van der Waals surface area contributed by atoms with Gasteiger partial charge in [0.05, 0.1) is 22.8 Å². The monoisotopic (exact) mass is 648 g/mol. The van der Waals surface area contributed by atoms with Crippen LogP contribution >= 0.6 is 0 Å². The molecule has 0 aliphatic heterocycles. The molecule has 2 aromatic carbocycles. The van der Waals surface area contributed by atoms with E-state index in [1.54, 1.807) is 34.5 Å². The maximum Gasteiger partial charge on any atom is 0.252 e. The summed E-state index contributed by atoms with van der Waals surface area (Å²) in [5.41, 5.74) is 9.20. The molecular weight excluding hydrogens is 608 g/mol. The predicted octanol–water partition coefficient (Wildman–Crippen LogP) is 6.28. The van der Waals surface area contributed by atoms with Gasteiger partial charge in [-0.2, -0.15) is 0 Å². The van der Waals surface area contributed by atoms with Crippen molar-refractivity contribution in [1.29, 1.82) is 0 Å². The molecule has 4 aromatic heterocycles. The number of aryl methyl sites for hydroxylation is 6. The summed E-state index contributed by atoms with van der Waals surface area (Å²) in [7, 11) is 1.73. The lowest BCUT2D eigenvalue weighted by Gasteiger charge is -2.09. The first-order valence-electron chi connectivity index (χ1n) is 16.1. The second-order valence-corrected chi connectivity index (χ2v) is 11.9. The highest BCUT2D eigenvalue weighted by atomic mass is 16.1. The van der Waals surface area contributed by atoms with E-state index in [1.165, 1.54) is 11.1 Å². The second-order valence-electron chi connectivity index (χ2n) is 11.9. The molecule has 4 heterocycles. The average Bonchev–Trinajstić information content (AvgIpc) is 3.52. The highest BCUT2D eigenvalue weighted by Gasteiger charge is 2.13. The van der Waals surface area contributed by atoms with Crippen molar-refractivity contribution in [2.45, 2.75) is 55.0 Å². The molecule has 0 N–H and O–H groups in total. The van der Waals surface area contributed by atoms with Gasteiger partial charge in [0.2, 0.25) is 0 Å². The van der Waals surface area contributed by atoms with Gasteiger partial charge in [-0.15, -0.1) is 0 Å². The van der Waals surface area contributed by atoms with Gasteiger partial charge < -0.3 is 9.13 Å².